The van der Waals surface area contributed by atoms with Crippen molar-refractivity contribution in [1.29, 1.82) is 0 Å². The molecule has 0 saturated carbocycles. The van der Waals surface area contributed by atoms with E-state index < -0.39 is 0 Å². The number of nitrogens with zero attached hydrogens (tertiary/aromatic N) is 1. The fourth-order valence-electron chi connectivity index (χ4n) is 2.64. The quantitative estimate of drug-likeness (QED) is 0.426. The minimum atomic E-state index is 0.308. The van der Waals surface area contributed by atoms with Gasteiger partial charge in [0.25, 0.3) is 0 Å². The first kappa shape index (κ1) is 20.9. The highest BCUT2D eigenvalue weighted by Crippen LogP contribution is 2.37. The predicted molar refractivity (Wildman–Crippen MR) is 116 cm³/mol. The van der Waals surface area contributed by atoms with E-state index in [0.29, 0.717) is 41.2 Å². The van der Waals surface area contributed by atoms with Crippen LogP contribution in [0.15, 0.2) is 59.2 Å². The van der Waals surface area contributed by atoms with Gasteiger partial charge < -0.3 is 14.8 Å². The first-order chi connectivity index (χ1) is 13.6. The van der Waals surface area contributed by atoms with Crippen LogP contribution in [0.1, 0.15) is 16.8 Å². The topological polar surface area (TPSA) is 43.4 Å². The molecule has 0 aliphatic rings. The van der Waals surface area contributed by atoms with Crippen LogP contribution in [0.25, 0.3) is 0 Å². The van der Waals surface area contributed by atoms with E-state index in [9.17, 15) is 0 Å². The molecule has 3 rings (SSSR count). The standard InChI is InChI=1S/C21H19BrCl2N2O2/c1-27-20-9-14(11-25-12-17-4-2-3-7-26-17)8-18(22)21(20)28-13-15-5-6-16(23)10-19(15)24/h2-10,25H,11-13H2,1H3. The molecule has 1 N–H and O–H groups in total. The largest absolute Gasteiger partial charge is 0.493 e. The zero-order chi connectivity index (χ0) is 19.9. The lowest BCUT2D eigenvalue weighted by Crippen LogP contribution is -2.13. The number of hydrogen-bond acceptors (Lipinski definition) is 4. The van der Waals surface area contributed by atoms with E-state index in [1.165, 1.54) is 0 Å². The Hall–Kier alpha value is -1.79. The summed E-state index contributed by atoms with van der Waals surface area (Å²) in [5.74, 6) is 1.27. The number of rotatable bonds is 8. The first-order valence-corrected chi connectivity index (χ1v) is 10.2. The van der Waals surface area contributed by atoms with E-state index in [0.717, 1.165) is 21.3 Å². The third kappa shape index (κ3) is 5.61. The van der Waals surface area contributed by atoms with Crippen LogP contribution in [0, 0.1) is 0 Å². The first-order valence-electron chi connectivity index (χ1n) is 8.60. The van der Waals surface area contributed by atoms with Gasteiger partial charge in [0.1, 0.15) is 6.61 Å². The van der Waals surface area contributed by atoms with Gasteiger partial charge in [-0.15, -0.1) is 0 Å². The van der Waals surface area contributed by atoms with Crippen LogP contribution in [0.4, 0.5) is 0 Å². The molecule has 0 aliphatic heterocycles. The van der Waals surface area contributed by atoms with E-state index >= 15 is 0 Å². The van der Waals surface area contributed by atoms with Crippen LogP contribution >= 0.6 is 39.1 Å². The molecule has 0 amide bonds. The molecule has 0 spiro atoms. The summed E-state index contributed by atoms with van der Waals surface area (Å²) < 4.78 is 12.3. The van der Waals surface area contributed by atoms with Crippen molar-refractivity contribution in [2.24, 2.45) is 0 Å². The average Bonchev–Trinajstić information content (AvgIpc) is 2.69. The lowest BCUT2D eigenvalue weighted by molar-refractivity contribution is 0.282. The highest BCUT2D eigenvalue weighted by molar-refractivity contribution is 9.10. The Kier molecular flexibility index (Phi) is 7.57. The van der Waals surface area contributed by atoms with Gasteiger partial charge in [0.15, 0.2) is 11.5 Å². The molecule has 0 radical (unpaired) electrons. The number of hydrogen-bond donors (Lipinski definition) is 1. The van der Waals surface area contributed by atoms with Crippen molar-refractivity contribution in [3.05, 3.63) is 86.1 Å². The summed E-state index contributed by atoms with van der Waals surface area (Å²) in [5.41, 5.74) is 2.91. The maximum absolute atomic E-state index is 6.22. The van der Waals surface area contributed by atoms with Crippen LogP contribution < -0.4 is 14.8 Å². The molecule has 7 heteroatoms. The molecule has 0 atom stereocenters. The molecule has 28 heavy (non-hydrogen) atoms. The summed E-state index contributed by atoms with van der Waals surface area (Å²) in [6.45, 7) is 1.67. The van der Waals surface area contributed by atoms with Crippen LogP contribution in [0.5, 0.6) is 11.5 Å². The molecule has 3 aromatic rings. The molecule has 2 aromatic carbocycles. The van der Waals surface area contributed by atoms with Crippen molar-refractivity contribution in [3.8, 4) is 11.5 Å². The van der Waals surface area contributed by atoms with E-state index in [1.807, 2.05) is 36.4 Å². The van der Waals surface area contributed by atoms with Gasteiger partial charge in [-0.1, -0.05) is 35.3 Å². The molecule has 0 saturated heterocycles. The van der Waals surface area contributed by atoms with Crippen molar-refractivity contribution < 1.29 is 9.47 Å². The second-order valence-corrected chi connectivity index (χ2v) is 7.76. The number of nitrogens with one attached hydrogen (secondary N) is 1. The molecule has 0 unspecified atom stereocenters. The molecular formula is C21H19BrCl2N2O2. The lowest BCUT2D eigenvalue weighted by Gasteiger charge is -2.15. The van der Waals surface area contributed by atoms with Crippen molar-refractivity contribution in [2.75, 3.05) is 7.11 Å². The second-order valence-electron chi connectivity index (χ2n) is 6.06. The van der Waals surface area contributed by atoms with Gasteiger partial charge in [-0.25, -0.2) is 0 Å². The molecule has 4 nitrogen and oxygen atoms in total. The van der Waals surface area contributed by atoms with Gasteiger partial charge >= 0.3 is 0 Å². The number of aromatic nitrogens is 1. The number of pyridine rings is 1. The van der Waals surface area contributed by atoms with Crippen LogP contribution in [0.2, 0.25) is 10.0 Å². The van der Waals surface area contributed by atoms with Gasteiger partial charge in [-0.05, 0) is 57.9 Å². The van der Waals surface area contributed by atoms with E-state index in [-0.39, 0.29) is 0 Å². The monoisotopic (exact) mass is 480 g/mol. The molecule has 0 fully saturated rings. The van der Waals surface area contributed by atoms with Gasteiger partial charge in [-0.3, -0.25) is 4.98 Å². The van der Waals surface area contributed by atoms with E-state index in [1.54, 1.807) is 25.4 Å². The minimum Gasteiger partial charge on any atom is -0.493 e. The summed E-state index contributed by atoms with van der Waals surface area (Å²) in [6, 6.07) is 15.2. The highest BCUT2D eigenvalue weighted by Gasteiger charge is 2.13. The Bertz CT molecular complexity index is 939. The molecule has 146 valence electrons. The molecule has 0 aliphatic carbocycles. The average molecular weight is 482 g/mol. The summed E-state index contributed by atoms with van der Waals surface area (Å²) >= 11 is 15.7. The van der Waals surface area contributed by atoms with Crippen LogP contribution in [0.3, 0.4) is 0 Å². The van der Waals surface area contributed by atoms with Crippen LogP contribution in [-0.2, 0) is 19.7 Å². The maximum Gasteiger partial charge on any atom is 0.175 e. The lowest BCUT2D eigenvalue weighted by atomic mass is 10.2. The van der Waals surface area contributed by atoms with Gasteiger partial charge in [0.2, 0.25) is 0 Å². The SMILES string of the molecule is COc1cc(CNCc2ccccn2)cc(Br)c1OCc1ccc(Cl)cc1Cl. The smallest absolute Gasteiger partial charge is 0.175 e. The minimum absolute atomic E-state index is 0.308. The van der Waals surface area contributed by atoms with Crippen molar-refractivity contribution >= 4 is 39.1 Å². The fraction of sp³-hybridized carbons (Fsp3) is 0.190. The summed E-state index contributed by atoms with van der Waals surface area (Å²) in [4.78, 5) is 4.31. The third-order valence-corrected chi connectivity index (χ3v) is 5.21. The fourth-order valence-corrected chi connectivity index (χ4v) is 3.71. The van der Waals surface area contributed by atoms with Gasteiger partial charge in [0, 0.05) is 34.9 Å². The Labute approximate surface area is 182 Å². The highest BCUT2D eigenvalue weighted by atomic mass is 79.9. The Morgan fingerprint density at radius 1 is 1.07 bits per heavy atom. The number of ether oxygens (including phenoxy) is 2. The van der Waals surface area contributed by atoms with Crippen molar-refractivity contribution in [3.63, 3.8) is 0 Å². The van der Waals surface area contributed by atoms with Crippen molar-refractivity contribution in [1.82, 2.24) is 10.3 Å². The molecule has 1 aromatic heterocycles. The molecule has 1 heterocycles. The zero-order valence-electron chi connectivity index (χ0n) is 15.2. The second kappa shape index (κ2) is 10.1. The summed E-state index contributed by atoms with van der Waals surface area (Å²) in [6.07, 6.45) is 1.79. The zero-order valence-corrected chi connectivity index (χ0v) is 18.3. The molecular weight excluding hydrogens is 463 g/mol. The normalized spacial score (nSPS) is 10.7. The van der Waals surface area contributed by atoms with E-state index in [4.69, 9.17) is 32.7 Å². The Balaban J connectivity index is 1.67. The Morgan fingerprint density at radius 2 is 1.93 bits per heavy atom. The Morgan fingerprint density at radius 3 is 2.64 bits per heavy atom. The third-order valence-electron chi connectivity index (χ3n) is 4.04. The van der Waals surface area contributed by atoms with Gasteiger partial charge in [-0.2, -0.15) is 0 Å². The predicted octanol–water partition coefficient (Wildman–Crippen LogP) is 6.03. The van der Waals surface area contributed by atoms with Crippen LogP contribution in [-0.4, -0.2) is 12.1 Å². The van der Waals surface area contributed by atoms with Gasteiger partial charge in [0.05, 0.1) is 17.3 Å². The molecule has 0 bridgehead atoms. The number of methoxy groups -OCH3 is 1. The van der Waals surface area contributed by atoms with E-state index in [2.05, 4.69) is 26.2 Å². The maximum atomic E-state index is 6.22. The van der Waals surface area contributed by atoms with Crippen molar-refractivity contribution in [2.45, 2.75) is 19.7 Å². The summed E-state index contributed by atoms with van der Waals surface area (Å²) in [5, 5.41) is 4.54. The number of benzene rings is 2. The number of halogens is 3. The summed E-state index contributed by atoms with van der Waals surface area (Å²) in [7, 11) is 1.62.